The summed E-state index contributed by atoms with van der Waals surface area (Å²) in [6.07, 6.45) is 3.85. The summed E-state index contributed by atoms with van der Waals surface area (Å²) in [5, 5.41) is 0. The normalized spacial score (nSPS) is 17.8. The highest BCUT2D eigenvalue weighted by Gasteiger charge is 2.15. The zero-order valence-corrected chi connectivity index (χ0v) is 10.4. The topological polar surface area (TPSA) is 46.3 Å². The number of carbonyl (C=O) groups is 1. The summed E-state index contributed by atoms with van der Waals surface area (Å²) >= 11 is 0. The lowest BCUT2D eigenvalue weighted by Crippen LogP contribution is -2.29. The second kappa shape index (κ2) is 5.21. The Bertz CT molecular complexity index is 397. The molecular formula is C14H20N2O. The van der Waals surface area contributed by atoms with Crippen LogP contribution in [0.5, 0.6) is 0 Å². The van der Waals surface area contributed by atoms with Gasteiger partial charge in [-0.25, -0.2) is 0 Å². The van der Waals surface area contributed by atoms with Gasteiger partial charge >= 0.3 is 0 Å². The lowest BCUT2D eigenvalue weighted by molar-refractivity contribution is -0.119. The summed E-state index contributed by atoms with van der Waals surface area (Å²) in [5.74, 6) is -0.472. The van der Waals surface area contributed by atoms with Crippen molar-refractivity contribution in [2.24, 2.45) is 5.73 Å². The summed E-state index contributed by atoms with van der Waals surface area (Å²) in [6, 6.07) is 8.20. The summed E-state index contributed by atoms with van der Waals surface area (Å²) < 4.78 is 0. The first kappa shape index (κ1) is 12.0. The quantitative estimate of drug-likeness (QED) is 0.869. The van der Waals surface area contributed by atoms with Gasteiger partial charge in [0.05, 0.1) is 5.92 Å². The van der Waals surface area contributed by atoms with Crippen LogP contribution in [0.2, 0.25) is 0 Å². The average molecular weight is 232 g/mol. The fourth-order valence-electron chi connectivity index (χ4n) is 2.31. The molecule has 3 heteroatoms. The first-order valence-corrected chi connectivity index (χ1v) is 6.32. The number of amides is 1. The Balaban J connectivity index is 2.18. The molecule has 0 spiro atoms. The van der Waals surface area contributed by atoms with E-state index in [1.54, 1.807) is 0 Å². The fraction of sp³-hybridized carbons (Fsp3) is 0.500. The van der Waals surface area contributed by atoms with Gasteiger partial charge in [0.2, 0.25) is 5.91 Å². The predicted octanol–water partition coefficient (Wildman–Crippen LogP) is 2.27. The van der Waals surface area contributed by atoms with Crippen molar-refractivity contribution in [3.8, 4) is 0 Å². The van der Waals surface area contributed by atoms with Gasteiger partial charge < -0.3 is 10.6 Å². The minimum atomic E-state index is -0.263. The van der Waals surface area contributed by atoms with E-state index >= 15 is 0 Å². The summed E-state index contributed by atoms with van der Waals surface area (Å²) in [7, 11) is 0. The fourth-order valence-corrected chi connectivity index (χ4v) is 2.31. The number of rotatable bonds is 3. The number of piperidine rings is 1. The van der Waals surface area contributed by atoms with Crippen molar-refractivity contribution >= 4 is 11.6 Å². The van der Waals surface area contributed by atoms with Gasteiger partial charge in [-0.05, 0) is 43.9 Å². The molecule has 1 aromatic rings. The van der Waals surface area contributed by atoms with Crippen LogP contribution in [0.25, 0.3) is 0 Å². The van der Waals surface area contributed by atoms with Crippen LogP contribution in [-0.2, 0) is 4.79 Å². The van der Waals surface area contributed by atoms with Crippen LogP contribution >= 0.6 is 0 Å². The van der Waals surface area contributed by atoms with Crippen LogP contribution in [0, 0.1) is 0 Å². The van der Waals surface area contributed by atoms with Crippen molar-refractivity contribution < 1.29 is 4.79 Å². The predicted molar refractivity (Wildman–Crippen MR) is 70.1 cm³/mol. The maximum absolute atomic E-state index is 11.2. The van der Waals surface area contributed by atoms with Gasteiger partial charge in [0, 0.05) is 18.8 Å². The minimum Gasteiger partial charge on any atom is -0.372 e. The second-order valence-electron chi connectivity index (χ2n) is 4.77. The Labute approximate surface area is 103 Å². The highest BCUT2D eigenvalue weighted by molar-refractivity contribution is 5.81. The highest BCUT2D eigenvalue weighted by atomic mass is 16.1. The molecule has 0 aliphatic carbocycles. The molecule has 1 saturated heterocycles. The number of hydrogen-bond acceptors (Lipinski definition) is 2. The lowest BCUT2D eigenvalue weighted by Gasteiger charge is -2.29. The van der Waals surface area contributed by atoms with Crippen molar-refractivity contribution in [2.75, 3.05) is 18.0 Å². The number of benzene rings is 1. The zero-order chi connectivity index (χ0) is 12.3. The Hall–Kier alpha value is -1.51. The Morgan fingerprint density at radius 1 is 1.29 bits per heavy atom. The molecule has 0 radical (unpaired) electrons. The molecule has 2 N–H and O–H groups in total. The maximum atomic E-state index is 11.2. The third-order valence-corrected chi connectivity index (χ3v) is 3.52. The summed E-state index contributed by atoms with van der Waals surface area (Å²) in [6.45, 7) is 4.10. The molecule has 1 aliphatic heterocycles. The lowest BCUT2D eigenvalue weighted by atomic mass is 9.99. The van der Waals surface area contributed by atoms with Gasteiger partial charge in [0.15, 0.2) is 0 Å². The van der Waals surface area contributed by atoms with E-state index in [2.05, 4.69) is 17.0 Å². The van der Waals surface area contributed by atoms with Crippen molar-refractivity contribution in [2.45, 2.75) is 32.1 Å². The van der Waals surface area contributed by atoms with E-state index in [4.69, 9.17) is 5.73 Å². The highest BCUT2D eigenvalue weighted by Crippen LogP contribution is 2.24. The van der Waals surface area contributed by atoms with Crippen molar-refractivity contribution in [1.29, 1.82) is 0 Å². The van der Waals surface area contributed by atoms with Crippen LogP contribution in [0.3, 0.4) is 0 Å². The molecule has 0 unspecified atom stereocenters. The number of nitrogens with zero attached hydrogens (tertiary/aromatic N) is 1. The molecule has 1 heterocycles. The standard InChI is InChI=1S/C14H20N2O/c1-11(14(15)17)12-6-5-7-13(10-12)16-8-3-2-4-9-16/h5-7,10-11H,2-4,8-9H2,1H3,(H2,15,17)/t11-/m0/s1. The van der Waals surface area contributed by atoms with E-state index in [1.165, 1.54) is 24.9 Å². The summed E-state index contributed by atoms with van der Waals surface area (Å²) in [4.78, 5) is 13.6. The monoisotopic (exact) mass is 232 g/mol. The molecule has 1 atom stereocenters. The molecule has 3 nitrogen and oxygen atoms in total. The van der Waals surface area contributed by atoms with E-state index in [0.717, 1.165) is 18.7 Å². The third-order valence-electron chi connectivity index (χ3n) is 3.52. The van der Waals surface area contributed by atoms with E-state index in [1.807, 2.05) is 19.1 Å². The molecule has 1 aromatic carbocycles. The largest absolute Gasteiger partial charge is 0.372 e. The molecular weight excluding hydrogens is 212 g/mol. The number of nitrogens with two attached hydrogens (primary N) is 1. The molecule has 2 rings (SSSR count). The molecule has 1 aliphatic rings. The van der Waals surface area contributed by atoms with Crippen molar-refractivity contribution in [3.05, 3.63) is 29.8 Å². The smallest absolute Gasteiger partial charge is 0.224 e. The van der Waals surface area contributed by atoms with Gasteiger partial charge in [-0.2, -0.15) is 0 Å². The van der Waals surface area contributed by atoms with Crippen LogP contribution in [0.15, 0.2) is 24.3 Å². The number of hydrogen-bond donors (Lipinski definition) is 1. The van der Waals surface area contributed by atoms with E-state index in [-0.39, 0.29) is 11.8 Å². The second-order valence-corrected chi connectivity index (χ2v) is 4.77. The first-order valence-electron chi connectivity index (χ1n) is 6.32. The van der Waals surface area contributed by atoms with Crippen LogP contribution < -0.4 is 10.6 Å². The maximum Gasteiger partial charge on any atom is 0.224 e. The van der Waals surface area contributed by atoms with Gasteiger partial charge in [0.25, 0.3) is 0 Å². The molecule has 0 saturated carbocycles. The van der Waals surface area contributed by atoms with Crippen LogP contribution in [0.4, 0.5) is 5.69 Å². The minimum absolute atomic E-state index is 0.209. The van der Waals surface area contributed by atoms with Gasteiger partial charge in [-0.3, -0.25) is 4.79 Å². The zero-order valence-electron chi connectivity index (χ0n) is 10.4. The van der Waals surface area contributed by atoms with E-state index in [0.29, 0.717) is 0 Å². The molecule has 17 heavy (non-hydrogen) atoms. The van der Waals surface area contributed by atoms with Crippen LogP contribution in [0.1, 0.15) is 37.7 Å². The molecule has 1 amide bonds. The average Bonchev–Trinajstić information content (AvgIpc) is 2.39. The van der Waals surface area contributed by atoms with Crippen molar-refractivity contribution in [1.82, 2.24) is 0 Å². The van der Waals surface area contributed by atoms with Gasteiger partial charge in [0.1, 0.15) is 0 Å². The molecule has 0 aromatic heterocycles. The number of primary amides is 1. The van der Waals surface area contributed by atoms with Crippen molar-refractivity contribution in [3.63, 3.8) is 0 Å². The Morgan fingerprint density at radius 2 is 2.00 bits per heavy atom. The van der Waals surface area contributed by atoms with E-state index in [9.17, 15) is 4.79 Å². The number of carbonyl (C=O) groups excluding carboxylic acids is 1. The number of anilines is 1. The van der Waals surface area contributed by atoms with Gasteiger partial charge in [-0.15, -0.1) is 0 Å². The van der Waals surface area contributed by atoms with E-state index < -0.39 is 0 Å². The molecule has 0 bridgehead atoms. The third kappa shape index (κ3) is 2.78. The molecule has 1 fully saturated rings. The van der Waals surface area contributed by atoms with Gasteiger partial charge in [-0.1, -0.05) is 12.1 Å². The first-order chi connectivity index (χ1) is 8.18. The Kier molecular flexibility index (Phi) is 3.67. The molecule has 92 valence electrons. The SMILES string of the molecule is C[C@H](C(N)=O)c1cccc(N2CCCCC2)c1. The van der Waals surface area contributed by atoms with Crippen LogP contribution in [-0.4, -0.2) is 19.0 Å². The Morgan fingerprint density at radius 3 is 2.65 bits per heavy atom. The summed E-state index contributed by atoms with van der Waals surface area (Å²) in [5.41, 5.74) is 7.58.